The van der Waals surface area contributed by atoms with E-state index in [0.29, 0.717) is 19.3 Å². The SMILES string of the molecule is CCCCC/C=C\C/C=C\C/C=C\C/C=C\CCCCCC(=O)OC(CCCCCCCCCCCCCC)CC(=O)NC(CO)C(O)CCCCCCCCCCCCCCCCCC. The summed E-state index contributed by atoms with van der Waals surface area (Å²) < 4.78 is 5.94. The molecule has 0 aliphatic carbocycles. The van der Waals surface area contributed by atoms with Crippen molar-refractivity contribution >= 4 is 11.9 Å². The van der Waals surface area contributed by atoms with E-state index in [2.05, 4.69) is 74.7 Å². The van der Waals surface area contributed by atoms with Gasteiger partial charge in [-0.15, -0.1) is 0 Å². The molecule has 0 aromatic carbocycles. The highest BCUT2D eigenvalue weighted by Crippen LogP contribution is 2.18. The van der Waals surface area contributed by atoms with Crippen molar-refractivity contribution in [2.24, 2.45) is 0 Å². The molecule has 3 unspecified atom stereocenters. The fourth-order valence-electron chi connectivity index (χ4n) is 8.77. The van der Waals surface area contributed by atoms with Crippen molar-refractivity contribution in [2.45, 2.75) is 315 Å². The average Bonchev–Trinajstić information content (AvgIpc) is 3.31. The summed E-state index contributed by atoms with van der Waals surface area (Å²) in [6.07, 6.45) is 66.0. The first-order chi connectivity index (χ1) is 32.5. The van der Waals surface area contributed by atoms with E-state index in [1.807, 2.05) is 0 Å². The van der Waals surface area contributed by atoms with Crippen molar-refractivity contribution in [3.8, 4) is 0 Å². The van der Waals surface area contributed by atoms with Gasteiger partial charge in [0.05, 0.1) is 25.2 Å². The molecule has 0 aromatic rings. The molecule has 0 heterocycles. The number of carbonyl (C=O) groups excluding carboxylic acids is 2. The molecule has 3 atom stereocenters. The Labute approximate surface area is 410 Å². The lowest BCUT2D eigenvalue weighted by Crippen LogP contribution is -2.46. The Morgan fingerprint density at radius 2 is 0.773 bits per heavy atom. The molecule has 0 bridgehead atoms. The monoisotopic (exact) mass is 926 g/mol. The number of ether oxygens (including phenoxy) is 1. The summed E-state index contributed by atoms with van der Waals surface area (Å²) in [5, 5.41) is 23.9. The maximum atomic E-state index is 13.3. The van der Waals surface area contributed by atoms with Gasteiger partial charge in [-0.3, -0.25) is 9.59 Å². The van der Waals surface area contributed by atoms with Crippen LogP contribution in [0.3, 0.4) is 0 Å². The third-order valence-electron chi connectivity index (χ3n) is 13.2. The number of hydrogen-bond donors (Lipinski definition) is 3. The molecule has 66 heavy (non-hydrogen) atoms. The van der Waals surface area contributed by atoms with Gasteiger partial charge in [0.1, 0.15) is 6.10 Å². The van der Waals surface area contributed by atoms with Gasteiger partial charge >= 0.3 is 5.97 Å². The molecular weight excluding hydrogens is 815 g/mol. The van der Waals surface area contributed by atoms with Crippen LogP contribution in [0.4, 0.5) is 0 Å². The van der Waals surface area contributed by atoms with Crippen LogP contribution in [-0.2, 0) is 14.3 Å². The predicted molar refractivity (Wildman–Crippen MR) is 287 cm³/mol. The third-order valence-corrected chi connectivity index (χ3v) is 13.2. The van der Waals surface area contributed by atoms with Crippen molar-refractivity contribution in [3.63, 3.8) is 0 Å². The largest absolute Gasteiger partial charge is 0.462 e. The molecule has 0 aliphatic rings. The zero-order chi connectivity index (χ0) is 48.1. The van der Waals surface area contributed by atoms with E-state index in [0.717, 1.165) is 77.0 Å². The fourth-order valence-corrected chi connectivity index (χ4v) is 8.77. The van der Waals surface area contributed by atoms with Crippen LogP contribution in [0.5, 0.6) is 0 Å². The highest BCUT2D eigenvalue weighted by atomic mass is 16.5. The van der Waals surface area contributed by atoms with Gasteiger partial charge in [-0.2, -0.15) is 0 Å². The Kier molecular flexibility index (Phi) is 52.0. The van der Waals surface area contributed by atoms with Gasteiger partial charge in [0.25, 0.3) is 0 Å². The molecule has 0 spiro atoms. The molecule has 0 rings (SSSR count). The smallest absolute Gasteiger partial charge is 0.306 e. The average molecular weight is 927 g/mol. The fraction of sp³-hybridized carbons (Fsp3) is 0.833. The molecule has 3 N–H and O–H groups in total. The lowest BCUT2D eigenvalue weighted by molar-refractivity contribution is -0.151. The standard InChI is InChI=1S/C60H111NO5/c1-4-7-10-13-16-19-22-25-27-29-30-31-33-35-38-41-44-47-50-53-60(65)66-56(51-48-45-42-39-36-24-21-18-15-12-9-6-3)54-59(64)61-57(55-62)58(63)52-49-46-43-40-37-34-32-28-26-23-20-17-14-11-8-5-2/h16,19,25,27,30-31,35,38,56-58,62-63H,4-15,17-18,20-24,26,28-29,32-34,36-37,39-55H2,1-3H3,(H,61,64)/b19-16-,27-25-,31-30-,38-35-. The minimum absolute atomic E-state index is 0.0676. The predicted octanol–water partition coefficient (Wildman–Crippen LogP) is 17.8. The van der Waals surface area contributed by atoms with Gasteiger partial charge in [-0.25, -0.2) is 0 Å². The second kappa shape index (κ2) is 53.8. The number of allylic oxidation sites excluding steroid dienone is 8. The molecule has 1 amide bonds. The van der Waals surface area contributed by atoms with Gasteiger partial charge in [0.2, 0.25) is 5.91 Å². The zero-order valence-corrected chi connectivity index (χ0v) is 44.1. The lowest BCUT2D eigenvalue weighted by Gasteiger charge is -2.24. The number of carbonyl (C=O) groups is 2. The summed E-state index contributed by atoms with van der Waals surface area (Å²) in [7, 11) is 0. The molecule has 0 aromatic heterocycles. The lowest BCUT2D eigenvalue weighted by atomic mass is 10.0. The van der Waals surface area contributed by atoms with E-state index in [9.17, 15) is 19.8 Å². The number of aliphatic hydroxyl groups is 2. The minimum atomic E-state index is -0.793. The van der Waals surface area contributed by atoms with Gasteiger partial charge in [-0.05, 0) is 70.6 Å². The molecule has 0 fully saturated rings. The molecule has 6 heteroatoms. The topological polar surface area (TPSA) is 95.9 Å². The van der Waals surface area contributed by atoms with Crippen LogP contribution in [0.25, 0.3) is 0 Å². The molecule has 0 radical (unpaired) electrons. The van der Waals surface area contributed by atoms with E-state index < -0.39 is 18.2 Å². The first-order valence-corrected chi connectivity index (χ1v) is 28.9. The van der Waals surface area contributed by atoms with Crippen LogP contribution in [0, 0.1) is 0 Å². The summed E-state index contributed by atoms with van der Waals surface area (Å²) in [6, 6.07) is -0.707. The molecular formula is C60H111NO5. The number of esters is 1. The normalized spacial score (nSPS) is 13.5. The van der Waals surface area contributed by atoms with E-state index >= 15 is 0 Å². The maximum Gasteiger partial charge on any atom is 0.306 e. The Hall–Kier alpha value is -2.18. The second-order valence-electron chi connectivity index (χ2n) is 19.7. The Morgan fingerprint density at radius 3 is 1.18 bits per heavy atom. The molecule has 0 saturated heterocycles. The first kappa shape index (κ1) is 63.8. The molecule has 6 nitrogen and oxygen atoms in total. The Bertz CT molecular complexity index is 1130. The number of rotatable bonds is 52. The summed E-state index contributed by atoms with van der Waals surface area (Å²) in [6.45, 7) is 6.48. The van der Waals surface area contributed by atoms with Crippen molar-refractivity contribution < 1.29 is 24.5 Å². The number of nitrogens with one attached hydrogen (secondary N) is 1. The van der Waals surface area contributed by atoms with E-state index in [1.165, 1.54) is 173 Å². The highest BCUT2D eigenvalue weighted by molar-refractivity contribution is 5.77. The minimum Gasteiger partial charge on any atom is -0.462 e. The summed E-state index contributed by atoms with van der Waals surface area (Å²) in [5.74, 6) is -0.498. The highest BCUT2D eigenvalue weighted by Gasteiger charge is 2.24. The van der Waals surface area contributed by atoms with Gasteiger partial charge in [0, 0.05) is 6.42 Å². The van der Waals surface area contributed by atoms with Crippen molar-refractivity contribution in [3.05, 3.63) is 48.6 Å². The van der Waals surface area contributed by atoms with Gasteiger partial charge < -0.3 is 20.3 Å². The number of unbranched alkanes of at least 4 members (excludes halogenated alkanes) is 32. The molecule has 0 saturated carbocycles. The molecule has 386 valence electrons. The van der Waals surface area contributed by atoms with Crippen LogP contribution in [0.15, 0.2) is 48.6 Å². The Balaban J connectivity index is 4.54. The van der Waals surface area contributed by atoms with Crippen LogP contribution < -0.4 is 5.32 Å². The summed E-state index contributed by atoms with van der Waals surface area (Å²) in [4.78, 5) is 26.2. The van der Waals surface area contributed by atoms with Crippen LogP contribution in [0.1, 0.15) is 297 Å². The third kappa shape index (κ3) is 48.3. The summed E-state index contributed by atoms with van der Waals surface area (Å²) in [5.41, 5.74) is 0. The van der Waals surface area contributed by atoms with Gasteiger partial charge in [-0.1, -0.05) is 262 Å². The van der Waals surface area contributed by atoms with E-state index in [4.69, 9.17) is 4.74 Å². The van der Waals surface area contributed by atoms with E-state index in [1.54, 1.807) is 0 Å². The second-order valence-corrected chi connectivity index (χ2v) is 19.7. The quantitative estimate of drug-likeness (QED) is 0.0321. The first-order valence-electron chi connectivity index (χ1n) is 28.9. The summed E-state index contributed by atoms with van der Waals surface area (Å²) >= 11 is 0. The van der Waals surface area contributed by atoms with E-state index in [-0.39, 0.29) is 24.9 Å². The zero-order valence-electron chi connectivity index (χ0n) is 44.1. The van der Waals surface area contributed by atoms with Crippen LogP contribution in [0.2, 0.25) is 0 Å². The van der Waals surface area contributed by atoms with Crippen LogP contribution in [-0.4, -0.2) is 46.9 Å². The number of hydrogen-bond acceptors (Lipinski definition) is 5. The van der Waals surface area contributed by atoms with Crippen molar-refractivity contribution in [1.29, 1.82) is 0 Å². The maximum absolute atomic E-state index is 13.3. The number of aliphatic hydroxyl groups excluding tert-OH is 2. The Morgan fingerprint density at radius 1 is 0.439 bits per heavy atom. The van der Waals surface area contributed by atoms with Crippen LogP contribution >= 0.6 is 0 Å². The van der Waals surface area contributed by atoms with Crippen molar-refractivity contribution in [2.75, 3.05) is 6.61 Å². The van der Waals surface area contributed by atoms with Gasteiger partial charge in [0.15, 0.2) is 0 Å². The number of amides is 1. The van der Waals surface area contributed by atoms with Crippen molar-refractivity contribution in [1.82, 2.24) is 5.32 Å². The molecule has 0 aliphatic heterocycles.